The van der Waals surface area contributed by atoms with Crippen molar-refractivity contribution in [1.29, 1.82) is 0 Å². The summed E-state index contributed by atoms with van der Waals surface area (Å²) in [7, 11) is 0. The van der Waals surface area contributed by atoms with E-state index in [1.807, 2.05) is 0 Å². The number of rotatable bonds is 10. The molecule has 0 saturated heterocycles. The second-order valence-electron chi connectivity index (χ2n) is 5.19. The summed E-state index contributed by atoms with van der Waals surface area (Å²) in [6.45, 7) is 5.28. The molecule has 108 valence electrons. The molecular formula is C17H27IO. The van der Waals surface area contributed by atoms with Crippen molar-refractivity contribution in [3.05, 3.63) is 35.4 Å². The van der Waals surface area contributed by atoms with Crippen LogP contribution in [0.3, 0.4) is 0 Å². The monoisotopic (exact) mass is 374 g/mol. The third-order valence-electron chi connectivity index (χ3n) is 3.41. The first-order valence-electron chi connectivity index (χ1n) is 7.52. The van der Waals surface area contributed by atoms with Crippen LogP contribution in [0.5, 0.6) is 0 Å². The minimum absolute atomic E-state index is 0.261. The lowest BCUT2D eigenvalue weighted by Gasteiger charge is -2.16. The van der Waals surface area contributed by atoms with Gasteiger partial charge in [0.15, 0.2) is 0 Å². The Balaban J connectivity index is 2.20. The van der Waals surface area contributed by atoms with Gasteiger partial charge >= 0.3 is 0 Å². The van der Waals surface area contributed by atoms with Gasteiger partial charge in [-0.2, -0.15) is 0 Å². The first-order valence-corrected chi connectivity index (χ1v) is 9.04. The zero-order valence-corrected chi connectivity index (χ0v) is 14.5. The van der Waals surface area contributed by atoms with E-state index in [-0.39, 0.29) is 6.10 Å². The smallest absolute Gasteiger partial charge is 0.0914 e. The average Bonchev–Trinajstić information content (AvgIpc) is 2.43. The van der Waals surface area contributed by atoms with Gasteiger partial charge in [0.2, 0.25) is 0 Å². The number of ether oxygens (including phenoxy) is 1. The molecule has 0 bridgehead atoms. The third kappa shape index (κ3) is 7.31. The maximum Gasteiger partial charge on any atom is 0.0914 e. The molecule has 0 fully saturated rings. The fourth-order valence-corrected chi connectivity index (χ4v) is 2.88. The zero-order valence-electron chi connectivity index (χ0n) is 12.3. The molecule has 19 heavy (non-hydrogen) atoms. The maximum atomic E-state index is 6.02. The van der Waals surface area contributed by atoms with Crippen LogP contribution < -0.4 is 0 Å². The number of alkyl halides is 1. The molecule has 0 aliphatic rings. The Morgan fingerprint density at radius 3 is 2.26 bits per heavy atom. The highest BCUT2D eigenvalue weighted by Crippen LogP contribution is 2.21. The summed E-state index contributed by atoms with van der Waals surface area (Å²) >= 11 is 2.42. The maximum absolute atomic E-state index is 6.02. The molecule has 0 amide bonds. The SMILES string of the molecule is CCCCCCCCOC(CI)c1ccc(C)cc1. The van der Waals surface area contributed by atoms with Crippen LogP contribution in [0.1, 0.15) is 62.7 Å². The van der Waals surface area contributed by atoms with E-state index < -0.39 is 0 Å². The number of hydrogen-bond acceptors (Lipinski definition) is 1. The van der Waals surface area contributed by atoms with E-state index in [1.54, 1.807) is 0 Å². The summed E-state index contributed by atoms with van der Waals surface area (Å²) in [4.78, 5) is 0. The normalized spacial score (nSPS) is 12.6. The Morgan fingerprint density at radius 2 is 1.63 bits per heavy atom. The van der Waals surface area contributed by atoms with E-state index in [2.05, 4.69) is 60.7 Å². The third-order valence-corrected chi connectivity index (χ3v) is 4.21. The molecule has 1 aromatic rings. The largest absolute Gasteiger partial charge is 0.373 e. The van der Waals surface area contributed by atoms with Gasteiger partial charge in [0.1, 0.15) is 0 Å². The lowest BCUT2D eigenvalue weighted by molar-refractivity contribution is 0.0679. The summed E-state index contributed by atoms with van der Waals surface area (Å²) in [5.74, 6) is 0. The standard InChI is InChI=1S/C17H27IO/c1-3-4-5-6-7-8-13-19-17(14-18)16-11-9-15(2)10-12-16/h9-12,17H,3-8,13-14H2,1-2H3. The quantitative estimate of drug-likeness (QED) is 0.284. The molecular weight excluding hydrogens is 347 g/mol. The second-order valence-corrected chi connectivity index (χ2v) is 6.07. The van der Waals surface area contributed by atoms with E-state index in [1.165, 1.54) is 49.7 Å². The average molecular weight is 374 g/mol. The van der Waals surface area contributed by atoms with Crippen LogP contribution in [0.25, 0.3) is 0 Å². The van der Waals surface area contributed by atoms with Crippen LogP contribution in [0.2, 0.25) is 0 Å². The Hall–Kier alpha value is -0.0900. The lowest BCUT2D eigenvalue weighted by atomic mass is 10.1. The number of halogens is 1. The van der Waals surface area contributed by atoms with Gasteiger partial charge in [-0.1, -0.05) is 91.4 Å². The highest BCUT2D eigenvalue weighted by atomic mass is 127. The predicted octanol–water partition coefficient (Wildman–Crippen LogP) is 5.85. The molecule has 0 aliphatic carbocycles. The van der Waals surface area contributed by atoms with Crippen LogP contribution in [0.15, 0.2) is 24.3 Å². The van der Waals surface area contributed by atoms with E-state index in [9.17, 15) is 0 Å². The molecule has 2 heteroatoms. The number of unbranched alkanes of at least 4 members (excludes halogenated alkanes) is 5. The number of aryl methyl sites for hydroxylation is 1. The second kappa shape index (κ2) is 10.7. The molecule has 1 atom stereocenters. The summed E-state index contributed by atoms with van der Waals surface area (Å²) in [6, 6.07) is 8.73. The van der Waals surface area contributed by atoms with E-state index >= 15 is 0 Å². The first-order chi connectivity index (χ1) is 9.27. The molecule has 0 spiro atoms. The Morgan fingerprint density at radius 1 is 1.00 bits per heavy atom. The molecule has 1 rings (SSSR count). The highest BCUT2D eigenvalue weighted by molar-refractivity contribution is 14.1. The van der Waals surface area contributed by atoms with Gasteiger partial charge < -0.3 is 4.74 Å². The van der Waals surface area contributed by atoms with Crippen LogP contribution >= 0.6 is 22.6 Å². The summed E-state index contributed by atoms with van der Waals surface area (Å²) < 4.78 is 7.04. The summed E-state index contributed by atoms with van der Waals surface area (Å²) in [5.41, 5.74) is 2.62. The molecule has 0 aliphatic heterocycles. The molecule has 1 aromatic carbocycles. The van der Waals surface area contributed by atoms with Gasteiger partial charge in [0, 0.05) is 11.0 Å². The van der Waals surface area contributed by atoms with Crippen LogP contribution in [0.4, 0.5) is 0 Å². The Kier molecular flexibility index (Phi) is 9.52. The molecule has 0 radical (unpaired) electrons. The van der Waals surface area contributed by atoms with Crippen molar-refractivity contribution in [2.45, 2.75) is 58.5 Å². The van der Waals surface area contributed by atoms with Crippen molar-refractivity contribution in [2.24, 2.45) is 0 Å². The molecule has 0 aromatic heterocycles. The Labute approximate surface area is 132 Å². The number of hydrogen-bond donors (Lipinski definition) is 0. The van der Waals surface area contributed by atoms with Crippen molar-refractivity contribution in [3.63, 3.8) is 0 Å². The highest BCUT2D eigenvalue weighted by Gasteiger charge is 2.09. The van der Waals surface area contributed by atoms with Gasteiger partial charge in [-0.3, -0.25) is 0 Å². The summed E-state index contributed by atoms with van der Waals surface area (Å²) in [5, 5.41) is 0. The fraction of sp³-hybridized carbons (Fsp3) is 0.647. The van der Waals surface area contributed by atoms with Crippen molar-refractivity contribution >= 4 is 22.6 Å². The minimum atomic E-state index is 0.261. The lowest BCUT2D eigenvalue weighted by Crippen LogP contribution is -2.07. The van der Waals surface area contributed by atoms with Crippen molar-refractivity contribution in [3.8, 4) is 0 Å². The van der Waals surface area contributed by atoms with E-state index in [4.69, 9.17) is 4.74 Å². The molecule has 0 N–H and O–H groups in total. The fourth-order valence-electron chi connectivity index (χ4n) is 2.12. The zero-order chi connectivity index (χ0) is 13.9. The van der Waals surface area contributed by atoms with Crippen molar-refractivity contribution < 1.29 is 4.74 Å². The van der Waals surface area contributed by atoms with Crippen molar-refractivity contribution in [2.75, 3.05) is 11.0 Å². The molecule has 1 nitrogen and oxygen atoms in total. The topological polar surface area (TPSA) is 9.23 Å². The van der Waals surface area contributed by atoms with E-state index in [0.717, 1.165) is 11.0 Å². The summed E-state index contributed by atoms with van der Waals surface area (Å²) in [6.07, 6.45) is 8.20. The van der Waals surface area contributed by atoms with E-state index in [0.29, 0.717) is 0 Å². The van der Waals surface area contributed by atoms with Gasteiger partial charge in [-0.25, -0.2) is 0 Å². The van der Waals surface area contributed by atoms with Gasteiger partial charge in [0.05, 0.1) is 6.10 Å². The molecule has 0 heterocycles. The van der Waals surface area contributed by atoms with Gasteiger partial charge in [0.25, 0.3) is 0 Å². The van der Waals surface area contributed by atoms with Crippen molar-refractivity contribution in [1.82, 2.24) is 0 Å². The van der Waals surface area contributed by atoms with Gasteiger partial charge in [-0.05, 0) is 18.9 Å². The number of benzene rings is 1. The molecule has 0 saturated carbocycles. The van der Waals surface area contributed by atoms with Crippen LogP contribution in [-0.4, -0.2) is 11.0 Å². The van der Waals surface area contributed by atoms with Crippen LogP contribution in [0, 0.1) is 6.92 Å². The van der Waals surface area contributed by atoms with Crippen LogP contribution in [-0.2, 0) is 4.74 Å². The minimum Gasteiger partial charge on any atom is -0.373 e. The first kappa shape index (κ1) is 17.0. The molecule has 1 unspecified atom stereocenters. The van der Waals surface area contributed by atoms with Gasteiger partial charge in [-0.15, -0.1) is 0 Å². The Bertz CT molecular complexity index is 321. The predicted molar refractivity (Wildman–Crippen MR) is 92.1 cm³/mol.